The number of hydrogen-bond donors (Lipinski definition) is 1. The van der Waals surface area contributed by atoms with Crippen molar-refractivity contribution in [1.82, 2.24) is 9.97 Å². The van der Waals surface area contributed by atoms with Gasteiger partial charge in [0.25, 0.3) is 0 Å². The highest BCUT2D eigenvalue weighted by molar-refractivity contribution is 6.38. The van der Waals surface area contributed by atoms with Gasteiger partial charge < -0.3 is 5.32 Å². The van der Waals surface area contributed by atoms with Gasteiger partial charge in [-0.25, -0.2) is 9.97 Å². The standard InChI is InChI=1S/C12H10Cl2F3N3/c1-2-3-18-10-7-4-6(13)5-8(14)9(7)19-11(20-10)12(15,16)17/h4-5H,2-3H2,1H3,(H,18,19,20). The van der Waals surface area contributed by atoms with Crippen molar-refractivity contribution in [3.63, 3.8) is 0 Å². The van der Waals surface area contributed by atoms with E-state index in [9.17, 15) is 13.2 Å². The fraction of sp³-hybridized carbons (Fsp3) is 0.333. The number of aromatic nitrogens is 2. The number of nitrogens with zero attached hydrogens (tertiary/aromatic N) is 2. The second-order valence-corrected chi connectivity index (χ2v) is 4.95. The van der Waals surface area contributed by atoms with Crippen LogP contribution >= 0.6 is 23.2 Å². The van der Waals surface area contributed by atoms with E-state index in [4.69, 9.17) is 23.2 Å². The summed E-state index contributed by atoms with van der Waals surface area (Å²) in [7, 11) is 0. The van der Waals surface area contributed by atoms with Crippen molar-refractivity contribution in [3.8, 4) is 0 Å². The lowest BCUT2D eigenvalue weighted by Gasteiger charge is -2.12. The van der Waals surface area contributed by atoms with Crippen LogP contribution in [0.1, 0.15) is 19.2 Å². The predicted octanol–water partition coefficient (Wildman–Crippen LogP) is 4.78. The third kappa shape index (κ3) is 3.07. The molecule has 20 heavy (non-hydrogen) atoms. The smallest absolute Gasteiger partial charge is 0.369 e. The van der Waals surface area contributed by atoms with Crippen molar-refractivity contribution in [2.75, 3.05) is 11.9 Å². The van der Waals surface area contributed by atoms with Crippen molar-refractivity contribution in [3.05, 3.63) is 28.0 Å². The van der Waals surface area contributed by atoms with Gasteiger partial charge in [0.15, 0.2) is 0 Å². The lowest BCUT2D eigenvalue weighted by Crippen LogP contribution is -2.14. The Morgan fingerprint density at radius 3 is 2.50 bits per heavy atom. The molecule has 0 amide bonds. The van der Waals surface area contributed by atoms with Gasteiger partial charge in [0.2, 0.25) is 5.82 Å². The molecule has 1 aromatic heterocycles. The van der Waals surface area contributed by atoms with Gasteiger partial charge in [-0.3, -0.25) is 0 Å². The Bertz CT molecular complexity index is 644. The maximum Gasteiger partial charge on any atom is 0.451 e. The van der Waals surface area contributed by atoms with Crippen molar-refractivity contribution in [2.24, 2.45) is 0 Å². The minimum Gasteiger partial charge on any atom is -0.369 e. The van der Waals surface area contributed by atoms with Gasteiger partial charge in [-0.2, -0.15) is 13.2 Å². The maximum absolute atomic E-state index is 12.8. The highest BCUT2D eigenvalue weighted by atomic mass is 35.5. The van der Waals surface area contributed by atoms with E-state index >= 15 is 0 Å². The number of nitrogens with one attached hydrogen (secondary N) is 1. The van der Waals surface area contributed by atoms with Gasteiger partial charge in [-0.15, -0.1) is 0 Å². The van der Waals surface area contributed by atoms with E-state index in [2.05, 4.69) is 15.3 Å². The van der Waals surface area contributed by atoms with Crippen LogP contribution in [0.25, 0.3) is 10.9 Å². The fourth-order valence-corrected chi connectivity index (χ4v) is 2.20. The maximum atomic E-state index is 12.8. The molecule has 2 aromatic rings. The first-order valence-electron chi connectivity index (χ1n) is 5.80. The van der Waals surface area contributed by atoms with Crippen LogP contribution in [0.15, 0.2) is 12.1 Å². The van der Waals surface area contributed by atoms with E-state index in [1.54, 1.807) is 0 Å². The van der Waals surface area contributed by atoms with Crippen LogP contribution in [0, 0.1) is 0 Å². The molecule has 0 spiro atoms. The number of hydrogen-bond acceptors (Lipinski definition) is 3. The van der Waals surface area contributed by atoms with Crippen LogP contribution in [-0.4, -0.2) is 16.5 Å². The van der Waals surface area contributed by atoms with Crippen LogP contribution in [-0.2, 0) is 6.18 Å². The number of rotatable bonds is 3. The number of halogens is 5. The van der Waals surface area contributed by atoms with E-state index in [0.717, 1.165) is 6.42 Å². The predicted molar refractivity (Wildman–Crippen MR) is 73.3 cm³/mol. The summed E-state index contributed by atoms with van der Waals surface area (Å²) in [5.74, 6) is -1.15. The lowest BCUT2D eigenvalue weighted by atomic mass is 10.2. The second kappa shape index (κ2) is 5.61. The van der Waals surface area contributed by atoms with Crippen LogP contribution in [0.3, 0.4) is 0 Å². The molecular formula is C12H10Cl2F3N3. The van der Waals surface area contributed by atoms with E-state index in [1.165, 1.54) is 12.1 Å². The molecule has 0 atom stereocenters. The Morgan fingerprint density at radius 2 is 1.90 bits per heavy atom. The minimum absolute atomic E-state index is 0.0250. The molecule has 0 aliphatic heterocycles. The van der Waals surface area contributed by atoms with Gasteiger partial charge in [-0.1, -0.05) is 30.1 Å². The molecule has 1 heterocycles. The Balaban J connectivity index is 2.71. The third-order valence-corrected chi connectivity index (χ3v) is 3.02. The molecule has 0 saturated carbocycles. The lowest BCUT2D eigenvalue weighted by molar-refractivity contribution is -0.144. The van der Waals surface area contributed by atoms with Gasteiger partial charge >= 0.3 is 6.18 Å². The first kappa shape index (κ1) is 15.1. The molecule has 1 aromatic carbocycles. The molecule has 0 fully saturated rings. The van der Waals surface area contributed by atoms with Crippen LogP contribution in [0.5, 0.6) is 0 Å². The first-order valence-corrected chi connectivity index (χ1v) is 6.56. The van der Waals surface area contributed by atoms with Crippen molar-refractivity contribution >= 4 is 39.9 Å². The number of fused-ring (bicyclic) bond motifs is 1. The van der Waals surface area contributed by atoms with E-state index in [0.29, 0.717) is 17.0 Å². The van der Waals surface area contributed by atoms with Crippen molar-refractivity contribution in [1.29, 1.82) is 0 Å². The molecule has 8 heteroatoms. The topological polar surface area (TPSA) is 37.8 Å². The summed E-state index contributed by atoms with van der Waals surface area (Å²) >= 11 is 11.8. The molecule has 108 valence electrons. The van der Waals surface area contributed by atoms with Gasteiger partial charge in [0, 0.05) is 17.0 Å². The van der Waals surface area contributed by atoms with E-state index in [1.807, 2.05) is 6.92 Å². The first-order chi connectivity index (χ1) is 9.32. The zero-order chi connectivity index (χ0) is 14.9. The molecule has 0 aliphatic carbocycles. The fourth-order valence-electron chi connectivity index (χ4n) is 1.66. The molecule has 0 bridgehead atoms. The minimum atomic E-state index is -4.64. The normalized spacial score (nSPS) is 11.9. The van der Waals surface area contributed by atoms with Crippen LogP contribution in [0.4, 0.5) is 19.0 Å². The Hall–Kier alpha value is -1.27. The Kier molecular flexibility index (Phi) is 4.25. The van der Waals surface area contributed by atoms with Gasteiger partial charge in [0.1, 0.15) is 5.82 Å². The average molecular weight is 324 g/mol. The zero-order valence-corrected chi connectivity index (χ0v) is 11.9. The summed E-state index contributed by atoms with van der Waals surface area (Å²) in [4.78, 5) is 7.02. The molecule has 0 aliphatic rings. The van der Waals surface area contributed by atoms with E-state index in [-0.39, 0.29) is 16.4 Å². The summed E-state index contributed by atoms with van der Waals surface area (Å²) in [6, 6.07) is 2.84. The largest absolute Gasteiger partial charge is 0.451 e. The quantitative estimate of drug-likeness (QED) is 0.883. The number of alkyl halides is 3. The summed E-state index contributed by atoms with van der Waals surface area (Å²) in [5, 5.41) is 3.57. The molecule has 0 unspecified atom stereocenters. The Labute approximate surface area is 123 Å². The summed E-state index contributed by atoms with van der Waals surface area (Å²) in [6.45, 7) is 2.37. The van der Waals surface area contributed by atoms with Crippen molar-refractivity contribution in [2.45, 2.75) is 19.5 Å². The molecule has 3 nitrogen and oxygen atoms in total. The molecule has 1 N–H and O–H groups in total. The summed E-state index contributed by atoms with van der Waals surface area (Å²) in [6.07, 6.45) is -3.90. The molecule has 2 rings (SSSR count). The monoisotopic (exact) mass is 323 g/mol. The Morgan fingerprint density at radius 1 is 1.20 bits per heavy atom. The third-order valence-electron chi connectivity index (χ3n) is 2.51. The zero-order valence-electron chi connectivity index (χ0n) is 10.4. The average Bonchev–Trinajstić information content (AvgIpc) is 2.34. The molecular weight excluding hydrogens is 314 g/mol. The van der Waals surface area contributed by atoms with Gasteiger partial charge in [-0.05, 0) is 18.6 Å². The number of anilines is 1. The van der Waals surface area contributed by atoms with Crippen LogP contribution < -0.4 is 5.32 Å². The SMILES string of the molecule is CCCNc1nc(C(F)(F)F)nc2c(Cl)cc(Cl)cc12. The summed E-state index contributed by atoms with van der Waals surface area (Å²) < 4.78 is 38.4. The highest BCUT2D eigenvalue weighted by Crippen LogP contribution is 2.34. The summed E-state index contributed by atoms with van der Waals surface area (Å²) in [5.41, 5.74) is 0.0250. The van der Waals surface area contributed by atoms with Gasteiger partial charge in [0.05, 0.1) is 10.5 Å². The molecule has 0 saturated heterocycles. The van der Waals surface area contributed by atoms with Crippen LogP contribution in [0.2, 0.25) is 10.0 Å². The highest BCUT2D eigenvalue weighted by Gasteiger charge is 2.35. The molecule has 0 radical (unpaired) electrons. The number of benzene rings is 1. The van der Waals surface area contributed by atoms with Crippen molar-refractivity contribution < 1.29 is 13.2 Å². The van der Waals surface area contributed by atoms with E-state index < -0.39 is 12.0 Å². The second-order valence-electron chi connectivity index (χ2n) is 4.10.